The first kappa shape index (κ1) is 8.66. The highest BCUT2D eigenvalue weighted by Gasteiger charge is 2.16. The average molecular weight is 178 g/mol. The molecule has 3 nitrogen and oxygen atoms in total. The third kappa shape index (κ3) is 2.26. The van der Waals surface area contributed by atoms with Crippen LogP contribution >= 0.6 is 0 Å². The summed E-state index contributed by atoms with van der Waals surface area (Å²) in [5, 5.41) is 3.40. The Hall–Kier alpha value is -0.930. The van der Waals surface area contributed by atoms with E-state index >= 15 is 0 Å². The van der Waals surface area contributed by atoms with Crippen molar-refractivity contribution in [3.8, 4) is 0 Å². The number of pyridine rings is 1. The second-order valence-electron chi connectivity index (χ2n) is 3.49. The topological polar surface area (TPSA) is 34.2 Å². The molecule has 0 aromatic carbocycles. The number of aromatic nitrogens is 1. The highest BCUT2D eigenvalue weighted by molar-refractivity contribution is 5.16. The highest BCUT2D eigenvalue weighted by Crippen LogP contribution is 2.04. The summed E-state index contributed by atoms with van der Waals surface area (Å²) in [6.45, 7) is 4.64. The Balaban J connectivity index is 1.86. The van der Waals surface area contributed by atoms with Crippen LogP contribution in [0.3, 0.4) is 0 Å². The van der Waals surface area contributed by atoms with Crippen LogP contribution in [0.2, 0.25) is 0 Å². The predicted octanol–water partition coefficient (Wildman–Crippen LogP) is 0.878. The second-order valence-corrected chi connectivity index (χ2v) is 3.49. The van der Waals surface area contributed by atoms with Gasteiger partial charge in [-0.2, -0.15) is 0 Å². The highest BCUT2D eigenvalue weighted by atomic mass is 16.5. The average Bonchev–Trinajstić information content (AvgIpc) is 2.01. The fourth-order valence-corrected chi connectivity index (χ4v) is 1.33. The summed E-state index contributed by atoms with van der Waals surface area (Å²) in [4.78, 5) is 4.13. The van der Waals surface area contributed by atoms with Crippen LogP contribution in [0.25, 0.3) is 0 Å². The Morgan fingerprint density at radius 2 is 2.38 bits per heavy atom. The molecule has 1 aliphatic heterocycles. The molecule has 0 amide bonds. The van der Waals surface area contributed by atoms with Crippen LogP contribution in [0, 0.1) is 6.92 Å². The van der Waals surface area contributed by atoms with Gasteiger partial charge >= 0.3 is 0 Å². The van der Waals surface area contributed by atoms with Crippen molar-refractivity contribution in [2.24, 2.45) is 0 Å². The number of nitrogens with one attached hydrogen (secondary N) is 1. The van der Waals surface area contributed by atoms with Crippen molar-refractivity contribution >= 4 is 0 Å². The second kappa shape index (κ2) is 3.85. The van der Waals surface area contributed by atoms with E-state index < -0.39 is 0 Å². The Morgan fingerprint density at radius 1 is 1.54 bits per heavy atom. The van der Waals surface area contributed by atoms with Gasteiger partial charge in [-0.1, -0.05) is 6.07 Å². The molecule has 0 saturated carbocycles. The fraction of sp³-hybridized carbons (Fsp3) is 0.500. The van der Waals surface area contributed by atoms with Crippen molar-refractivity contribution in [1.82, 2.24) is 10.3 Å². The molecule has 1 N–H and O–H groups in total. The molecule has 0 unspecified atom stereocenters. The van der Waals surface area contributed by atoms with E-state index in [0.29, 0.717) is 6.04 Å². The smallest absolute Gasteiger partial charge is 0.0643 e. The Morgan fingerprint density at radius 3 is 3.00 bits per heavy atom. The third-order valence-corrected chi connectivity index (χ3v) is 2.16. The first-order valence-electron chi connectivity index (χ1n) is 4.56. The molecule has 2 heterocycles. The van der Waals surface area contributed by atoms with E-state index in [1.54, 1.807) is 0 Å². The van der Waals surface area contributed by atoms with Crippen LogP contribution in [0.1, 0.15) is 11.1 Å². The van der Waals surface area contributed by atoms with Crippen molar-refractivity contribution < 1.29 is 4.74 Å². The molecule has 1 saturated heterocycles. The maximum Gasteiger partial charge on any atom is 0.0643 e. The van der Waals surface area contributed by atoms with Crippen LogP contribution in [-0.4, -0.2) is 24.2 Å². The van der Waals surface area contributed by atoms with Gasteiger partial charge in [0.05, 0.1) is 19.3 Å². The molecule has 0 spiro atoms. The number of rotatable bonds is 3. The van der Waals surface area contributed by atoms with Crippen LogP contribution in [-0.2, 0) is 11.3 Å². The van der Waals surface area contributed by atoms with Crippen molar-refractivity contribution in [2.75, 3.05) is 13.2 Å². The molecule has 1 aromatic rings. The predicted molar refractivity (Wildman–Crippen MR) is 50.4 cm³/mol. The molecular weight excluding hydrogens is 164 g/mol. The largest absolute Gasteiger partial charge is 0.378 e. The molecule has 1 fully saturated rings. The van der Waals surface area contributed by atoms with Gasteiger partial charge in [0.2, 0.25) is 0 Å². The summed E-state index contributed by atoms with van der Waals surface area (Å²) in [6.07, 6.45) is 3.77. The van der Waals surface area contributed by atoms with E-state index in [0.717, 1.165) is 19.8 Å². The van der Waals surface area contributed by atoms with Crippen molar-refractivity contribution in [2.45, 2.75) is 19.5 Å². The molecule has 3 heteroatoms. The summed E-state index contributed by atoms with van der Waals surface area (Å²) in [6, 6.07) is 2.69. The van der Waals surface area contributed by atoms with E-state index in [-0.39, 0.29) is 0 Å². The summed E-state index contributed by atoms with van der Waals surface area (Å²) in [7, 11) is 0. The summed E-state index contributed by atoms with van der Waals surface area (Å²) in [5.74, 6) is 0. The maximum atomic E-state index is 5.07. The molecule has 70 valence electrons. The van der Waals surface area contributed by atoms with Crippen LogP contribution in [0.15, 0.2) is 18.5 Å². The molecule has 1 aromatic heterocycles. The van der Waals surface area contributed by atoms with Gasteiger partial charge in [0.25, 0.3) is 0 Å². The number of hydrogen-bond donors (Lipinski definition) is 1. The first-order chi connectivity index (χ1) is 6.34. The van der Waals surface area contributed by atoms with Gasteiger partial charge in [0, 0.05) is 18.9 Å². The van der Waals surface area contributed by atoms with E-state index in [1.165, 1.54) is 11.1 Å². The molecule has 0 aliphatic carbocycles. The van der Waals surface area contributed by atoms with Gasteiger partial charge in [0.15, 0.2) is 0 Å². The minimum absolute atomic E-state index is 0.542. The van der Waals surface area contributed by atoms with Gasteiger partial charge in [-0.15, -0.1) is 0 Å². The van der Waals surface area contributed by atoms with Crippen molar-refractivity contribution in [1.29, 1.82) is 0 Å². The lowest BCUT2D eigenvalue weighted by atomic mass is 10.2. The standard InChI is InChI=1S/C10H14N2O/c1-8-2-9(4-11-3-8)5-12-10-6-13-7-10/h2-4,10,12H,5-7H2,1H3. The zero-order valence-corrected chi connectivity index (χ0v) is 7.79. The fourth-order valence-electron chi connectivity index (χ4n) is 1.33. The molecule has 1 aliphatic rings. The lowest BCUT2D eigenvalue weighted by Crippen LogP contribution is -2.45. The van der Waals surface area contributed by atoms with Gasteiger partial charge in [-0.3, -0.25) is 4.98 Å². The van der Waals surface area contributed by atoms with E-state index in [4.69, 9.17) is 4.74 Å². The number of ether oxygens (including phenoxy) is 1. The number of aryl methyl sites for hydroxylation is 1. The lowest BCUT2D eigenvalue weighted by molar-refractivity contribution is -0.00579. The van der Waals surface area contributed by atoms with Gasteiger partial charge in [-0.25, -0.2) is 0 Å². The van der Waals surface area contributed by atoms with Crippen LogP contribution < -0.4 is 5.32 Å². The van der Waals surface area contributed by atoms with Crippen LogP contribution in [0.4, 0.5) is 0 Å². The molecular formula is C10H14N2O. The number of hydrogen-bond acceptors (Lipinski definition) is 3. The summed E-state index contributed by atoms with van der Waals surface area (Å²) >= 11 is 0. The third-order valence-electron chi connectivity index (χ3n) is 2.16. The van der Waals surface area contributed by atoms with Crippen LogP contribution in [0.5, 0.6) is 0 Å². The van der Waals surface area contributed by atoms with E-state index in [9.17, 15) is 0 Å². The van der Waals surface area contributed by atoms with E-state index in [1.807, 2.05) is 12.4 Å². The zero-order valence-electron chi connectivity index (χ0n) is 7.79. The minimum atomic E-state index is 0.542. The summed E-state index contributed by atoms with van der Waals surface area (Å²) < 4.78 is 5.07. The summed E-state index contributed by atoms with van der Waals surface area (Å²) in [5.41, 5.74) is 2.45. The van der Waals surface area contributed by atoms with Crippen molar-refractivity contribution in [3.63, 3.8) is 0 Å². The van der Waals surface area contributed by atoms with E-state index in [2.05, 4.69) is 23.3 Å². The molecule has 0 bridgehead atoms. The van der Waals surface area contributed by atoms with Crippen molar-refractivity contribution in [3.05, 3.63) is 29.6 Å². The molecule has 13 heavy (non-hydrogen) atoms. The number of nitrogens with zero attached hydrogens (tertiary/aromatic N) is 1. The zero-order chi connectivity index (χ0) is 9.10. The molecule has 0 radical (unpaired) electrons. The quantitative estimate of drug-likeness (QED) is 0.746. The lowest BCUT2D eigenvalue weighted by Gasteiger charge is -2.26. The minimum Gasteiger partial charge on any atom is -0.378 e. The van der Waals surface area contributed by atoms with Gasteiger partial charge < -0.3 is 10.1 Å². The Kier molecular flexibility index (Phi) is 2.57. The molecule has 2 rings (SSSR count). The first-order valence-corrected chi connectivity index (χ1v) is 4.56. The molecule has 0 atom stereocenters. The maximum absolute atomic E-state index is 5.07. The monoisotopic (exact) mass is 178 g/mol. The SMILES string of the molecule is Cc1cncc(CNC2COC2)c1. The Labute approximate surface area is 78.1 Å². The normalized spacial score (nSPS) is 17.0. The Bertz CT molecular complexity index is 284. The van der Waals surface area contributed by atoms with Gasteiger partial charge in [-0.05, 0) is 18.1 Å². The van der Waals surface area contributed by atoms with Gasteiger partial charge in [0.1, 0.15) is 0 Å².